The number of pyridine rings is 1. The minimum Gasteiger partial charge on any atom is -0.378 e. The first kappa shape index (κ1) is 12.9. The first-order valence-electron chi connectivity index (χ1n) is 6.47. The van der Waals surface area contributed by atoms with Crippen LogP contribution in [-0.4, -0.2) is 19.1 Å². The van der Waals surface area contributed by atoms with Crippen molar-refractivity contribution in [3.8, 4) is 11.3 Å². The highest BCUT2D eigenvalue weighted by atomic mass is 35.5. The van der Waals surface area contributed by atoms with Gasteiger partial charge < -0.3 is 4.90 Å². The summed E-state index contributed by atoms with van der Waals surface area (Å²) in [6.07, 6.45) is 0. The molecule has 0 unspecified atom stereocenters. The summed E-state index contributed by atoms with van der Waals surface area (Å²) in [6, 6.07) is 18.2. The van der Waals surface area contributed by atoms with E-state index in [1.165, 1.54) is 5.69 Å². The van der Waals surface area contributed by atoms with Gasteiger partial charge in [0.25, 0.3) is 0 Å². The van der Waals surface area contributed by atoms with Gasteiger partial charge in [-0.2, -0.15) is 0 Å². The maximum atomic E-state index is 5.99. The van der Waals surface area contributed by atoms with Crippen LogP contribution in [0.25, 0.3) is 22.2 Å². The molecule has 0 fully saturated rings. The fourth-order valence-electron chi connectivity index (χ4n) is 2.19. The van der Waals surface area contributed by atoms with Gasteiger partial charge in [-0.1, -0.05) is 29.8 Å². The molecule has 1 heterocycles. The molecule has 0 aliphatic rings. The molecule has 0 aliphatic heterocycles. The van der Waals surface area contributed by atoms with Crippen LogP contribution in [-0.2, 0) is 0 Å². The second-order valence-electron chi connectivity index (χ2n) is 4.97. The predicted octanol–water partition coefficient (Wildman–Crippen LogP) is 4.62. The number of benzene rings is 2. The van der Waals surface area contributed by atoms with Gasteiger partial charge in [0, 0.05) is 35.8 Å². The van der Waals surface area contributed by atoms with Crippen molar-refractivity contribution in [3.63, 3.8) is 0 Å². The Bertz CT molecular complexity index is 749. The zero-order chi connectivity index (χ0) is 14.1. The summed E-state index contributed by atoms with van der Waals surface area (Å²) < 4.78 is 0. The Morgan fingerprint density at radius 1 is 0.900 bits per heavy atom. The van der Waals surface area contributed by atoms with Gasteiger partial charge in [0.05, 0.1) is 11.2 Å². The van der Waals surface area contributed by atoms with Crippen LogP contribution in [0.15, 0.2) is 54.6 Å². The van der Waals surface area contributed by atoms with Gasteiger partial charge in [-0.25, -0.2) is 4.98 Å². The smallest absolute Gasteiger partial charge is 0.0710 e. The third-order valence-electron chi connectivity index (χ3n) is 3.33. The summed E-state index contributed by atoms with van der Waals surface area (Å²) in [7, 11) is 4.07. The third-order valence-corrected chi connectivity index (χ3v) is 3.57. The maximum Gasteiger partial charge on any atom is 0.0710 e. The summed E-state index contributed by atoms with van der Waals surface area (Å²) >= 11 is 5.99. The fraction of sp³-hybridized carbons (Fsp3) is 0.118. The number of halogens is 1. The Kier molecular flexibility index (Phi) is 3.33. The van der Waals surface area contributed by atoms with E-state index in [1.807, 2.05) is 38.4 Å². The van der Waals surface area contributed by atoms with Gasteiger partial charge in [0.1, 0.15) is 0 Å². The normalized spacial score (nSPS) is 10.8. The topological polar surface area (TPSA) is 16.1 Å². The summed E-state index contributed by atoms with van der Waals surface area (Å²) in [5, 5.41) is 1.80. The molecule has 0 spiro atoms. The summed E-state index contributed by atoms with van der Waals surface area (Å²) in [5.41, 5.74) is 4.24. The molecule has 100 valence electrons. The van der Waals surface area contributed by atoms with Crippen LogP contribution in [0.4, 0.5) is 5.69 Å². The second-order valence-corrected chi connectivity index (χ2v) is 5.41. The van der Waals surface area contributed by atoms with Crippen LogP contribution in [0.3, 0.4) is 0 Å². The average Bonchev–Trinajstić information content (AvgIpc) is 2.47. The average molecular weight is 283 g/mol. The van der Waals surface area contributed by atoms with Crippen molar-refractivity contribution in [2.24, 2.45) is 0 Å². The van der Waals surface area contributed by atoms with Crippen molar-refractivity contribution in [2.45, 2.75) is 0 Å². The van der Waals surface area contributed by atoms with Crippen molar-refractivity contribution in [1.29, 1.82) is 0 Å². The molecule has 0 bridgehead atoms. The molecule has 2 aromatic carbocycles. The Morgan fingerprint density at radius 3 is 2.35 bits per heavy atom. The van der Waals surface area contributed by atoms with Gasteiger partial charge in [-0.05, 0) is 36.4 Å². The van der Waals surface area contributed by atoms with E-state index in [4.69, 9.17) is 11.6 Å². The molecule has 0 atom stereocenters. The van der Waals surface area contributed by atoms with Crippen LogP contribution in [0.5, 0.6) is 0 Å². The van der Waals surface area contributed by atoms with Crippen molar-refractivity contribution < 1.29 is 0 Å². The Morgan fingerprint density at radius 2 is 1.65 bits per heavy atom. The van der Waals surface area contributed by atoms with E-state index < -0.39 is 0 Å². The highest BCUT2D eigenvalue weighted by Gasteiger charge is 2.03. The van der Waals surface area contributed by atoms with Crippen LogP contribution in [0.1, 0.15) is 0 Å². The summed E-state index contributed by atoms with van der Waals surface area (Å²) in [4.78, 5) is 6.77. The highest BCUT2D eigenvalue weighted by molar-refractivity contribution is 6.31. The van der Waals surface area contributed by atoms with E-state index in [0.717, 1.165) is 27.2 Å². The molecule has 1 aromatic heterocycles. The molecule has 3 aromatic rings. The number of fused-ring (bicyclic) bond motifs is 1. The Hall–Kier alpha value is -2.06. The minimum atomic E-state index is 0.738. The predicted molar refractivity (Wildman–Crippen MR) is 86.5 cm³/mol. The molecule has 2 nitrogen and oxygen atoms in total. The molecular weight excluding hydrogens is 268 g/mol. The van der Waals surface area contributed by atoms with Gasteiger partial charge in [0.2, 0.25) is 0 Å². The zero-order valence-electron chi connectivity index (χ0n) is 11.5. The molecule has 3 rings (SSSR count). The number of hydrogen-bond donors (Lipinski definition) is 0. The largest absolute Gasteiger partial charge is 0.378 e. The lowest BCUT2D eigenvalue weighted by Crippen LogP contribution is -2.07. The van der Waals surface area contributed by atoms with Crippen molar-refractivity contribution >= 4 is 28.2 Å². The lowest BCUT2D eigenvalue weighted by molar-refractivity contribution is 1.13. The molecule has 0 N–H and O–H groups in total. The van der Waals surface area contributed by atoms with Crippen molar-refractivity contribution in [2.75, 3.05) is 19.0 Å². The van der Waals surface area contributed by atoms with E-state index >= 15 is 0 Å². The second kappa shape index (κ2) is 5.14. The molecule has 0 radical (unpaired) electrons. The summed E-state index contributed by atoms with van der Waals surface area (Å²) in [5.74, 6) is 0. The van der Waals surface area contributed by atoms with E-state index in [2.05, 4.69) is 40.2 Å². The van der Waals surface area contributed by atoms with Gasteiger partial charge >= 0.3 is 0 Å². The Balaban J connectivity index is 2.03. The molecule has 0 saturated heterocycles. The molecule has 3 heteroatoms. The van der Waals surface area contributed by atoms with Crippen LogP contribution >= 0.6 is 11.6 Å². The van der Waals surface area contributed by atoms with Crippen LogP contribution < -0.4 is 4.90 Å². The van der Waals surface area contributed by atoms with Gasteiger partial charge in [0.15, 0.2) is 0 Å². The van der Waals surface area contributed by atoms with Gasteiger partial charge in [-0.15, -0.1) is 0 Å². The molecule has 0 amide bonds. The number of anilines is 1. The first-order valence-corrected chi connectivity index (χ1v) is 6.85. The SMILES string of the molecule is CN(C)c1ccc(-c2ccc3cc(Cl)ccc3n2)cc1. The lowest BCUT2D eigenvalue weighted by Gasteiger charge is -2.12. The fourth-order valence-corrected chi connectivity index (χ4v) is 2.37. The Labute approximate surface area is 123 Å². The molecule has 20 heavy (non-hydrogen) atoms. The minimum absolute atomic E-state index is 0.738. The van der Waals surface area contributed by atoms with E-state index in [9.17, 15) is 0 Å². The van der Waals surface area contributed by atoms with E-state index in [1.54, 1.807) is 0 Å². The number of aromatic nitrogens is 1. The summed E-state index contributed by atoms with van der Waals surface area (Å²) in [6.45, 7) is 0. The van der Waals surface area contributed by atoms with Gasteiger partial charge in [-0.3, -0.25) is 0 Å². The number of nitrogens with zero attached hydrogens (tertiary/aromatic N) is 2. The van der Waals surface area contributed by atoms with Crippen LogP contribution in [0.2, 0.25) is 5.02 Å². The zero-order valence-corrected chi connectivity index (χ0v) is 12.2. The highest BCUT2D eigenvalue weighted by Crippen LogP contribution is 2.24. The molecule has 0 aliphatic carbocycles. The quantitative estimate of drug-likeness (QED) is 0.682. The monoisotopic (exact) mass is 282 g/mol. The molecule has 0 saturated carbocycles. The van der Waals surface area contributed by atoms with E-state index in [0.29, 0.717) is 0 Å². The van der Waals surface area contributed by atoms with E-state index in [-0.39, 0.29) is 0 Å². The van der Waals surface area contributed by atoms with Crippen LogP contribution in [0, 0.1) is 0 Å². The number of rotatable bonds is 2. The molecular formula is C17H15ClN2. The third kappa shape index (κ3) is 2.47. The van der Waals surface area contributed by atoms with Crippen molar-refractivity contribution in [1.82, 2.24) is 4.98 Å². The number of hydrogen-bond acceptors (Lipinski definition) is 2. The lowest BCUT2D eigenvalue weighted by atomic mass is 10.1. The first-order chi connectivity index (χ1) is 9.63. The standard InChI is InChI=1S/C17H15ClN2/c1-20(2)15-7-3-12(4-8-15)16-9-5-13-11-14(18)6-10-17(13)19-16/h3-11H,1-2H3. The maximum absolute atomic E-state index is 5.99. The van der Waals surface area contributed by atoms with Crippen molar-refractivity contribution in [3.05, 3.63) is 59.6 Å².